The standard InChI is InChI=1S/C15H26N2OS/c1-4-9-16-12-14-15(8-7-13(3)17-14)18-10-6-11-19-5-2/h7-8,16H,4-6,9-12H2,1-3H3. The zero-order valence-electron chi connectivity index (χ0n) is 12.4. The van der Waals surface area contributed by atoms with E-state index in [-0.39, 0.29) is 0 Å². The average molecular weight is 282 g/mol. The molecule has 108 valence electrons. The van der Waals surface area contributed by atoms with Gasteiger partial charge in [-0.25, -0.2) is 0 Å². The van der Waals surface area contributed by atoms with E-state index in [9.17, 15) is 0 Å². The van der Waals surface area contributed by atoms with Crippen molar-refractivity contribution in [3.8, 4) is 5.75 Å². The summed E-state index contributed by atoms with van der Waals surface area (Å²) in [4.78, 5) is 4.57. The van der Waals surface area contributed by atoms with Crippen LogP contribution in [-0.4, -0.2) is 29.6 Å². The highest BCUT2D eigenvalue weighted by molar-refractivity contribution is 7.99. The molecular formula is C15H26N2OS. The van der Waals surface area contributed by atoms with Crippen LogP contribution in [0.25, 0.3) is 0 Å². The third-order valence-corrected chi connectivity index (χ3v) is 3.67. The largest absolute Gasteiger partial charge is 0.492 e. The molecule has 0 atom stereocenters. The van der Waals surface area contributed by atoms with Crippen molar-refractivity contribution in [1.29, 1.82) is 0 Å². The first-order chi connectivity index (χ1) is 9.27. The van der Waals surface area contributed by atoms with Crippen LogP contribution in [0.15, 0.2) is 12.1 Å². The second kappa shape index (κ2) is 10.1. The fraction of sp³-hybridized carbons (Fsp3) is 0.667. The van der Waals surface area contributed by atoms with E-state index in [0.29, 0.717) is 0 Å². The van der Waals surface area contributed by atoms with E-state index < -0.39 is 0 Å². The van der Waals surface area contributed by atoms with Crippen molar-refractivity contribution in [2.75, 3.05) is 24.7 Å². The minimum absolute atomic E-state index is 0.776. The number of thioether (sulfide) groups is 1. The van der Waals surface area contributed by atoms with Gasteiger partial charge in [0.25, 0.3) is 0 Å². The zero-order chi connectivity index (χ0) is 13.9. The van der Waals surface area contributed by atoms with Crippen LogP contribution in [0.3, 0.4) is 0 Å². The van der Waals surface area contributed by atoms with Gasteiger partial charge in [0.1, 0.15) is 5.75 Å². The van der Waals surface area contributed by atoms with Crippen LogP contribution in [0.2, 0.25) is 0 Å². The molecule has 0 amide bonds. The summed E-state index contributed by atoms with van der Waals surface area (Å²) >= 11 is 1.96. The fourth-order valence-corrected chi connectivity index (χ4v) is 2.34. The van der Waals surface area contributed by atoms with Gasteiger partial charge >= 0.3 is 0 Å². The number of pyridine rings is 1. The molecule has 0 saturated carbocycles. The Kier molecular flexibility index (Phi) is 8.67. The molecule has 1 heterocycles. The van der Waals surface area contributed by atoms with Crippen LogP contribution in [0.1, 0.15) is 38.1 Å². The topological polar surface area (TPSA) is 34.2 Å². The molecule has 0 unspecified atom stereocenters. The Bertz CT molecular complexity index is 358. The van der Waals surface area contributed by atoms with Crippen LogP contribution < -0.4 is 10.1 Å². The molecule has 19 heavy (non-hydrogen) atoms. The Labute approximate surface area is 121 Å². The van der Waals surface area contributed by atoms with E-state index >= 15 is 0 Å². The lowest BCUT2D eigenvalue weighted by atomic mass is 10.2. The molecule has 3 nitrogen and oxygen atoms in total. The smallest absolute Gasteiger partial charge is 0.142 e. The van der Waals surface area contributed by atoms with Crippen molar-refractivity contribution in [3.05, 3.63) is 23.5 Å². The molecule has 1 aromatic rings. The lowest BCUT2D eigenvalue weighted by Gasteiger charge is -2.12. The van der Waals surface area contributed by atoms with Crippen LogP contribution in [0, 0.1) is 6.92 Å². The van der Waals surface area contributed by atoms with E-state index in [0.717, 1.165) is 49.7 Å². The molecule has 0 aromatic carbocycles. The van der Waals surface area contributed by atoms with Crippen molar-refractivity contribution < 1.29 is 4.74 Å². The molecule has 0 radical (unpaired) electrons. The number of nitrogens with one attached hydrogen (secondary N) is 1. The maximum Gasteiger partial charge on any atom is 0.142 e. The van der Waals surface area contributed by atoms with Gasteiger partial charge in [-0.1, -0.05) is 13.8 Å². The van der Waals surface area contributed by atoms with E-state index in [1.807, 2.05) is 30.8 Å². The minimum atomic E-state index is 0.776. The lowest BCUT2D eigenvalue weighted by Crippen LogP contribution is -2.16. The second-order valence-corrected chi connectivity index (χ2v) is 5.87. The van der Waals surface area contributed by atoms with Gasteiger partial charge in [0.05, 0.1) is 12.3 Å². The molecule has 0 aliphatic carbocycles. The third kappa shape index (κ3) is 6.83. The van der Waals surface area contributed by atoms with Gasteiger partial charge in [-0.05, 0) is 49.9 Å². The molecule has 1 N–H and O–H groups in total. The molecule has 0 spiro atoms. The number of nitrogens with zero attached hydrogens (tertiary/aromatic N) is 1. The summed E-state index contributed by atoms with van der Waals surface area (Å²) in [5, 5.41) is 3.38. The number of aromatic nitrogens is 1. The Morgan fingerprint density at radius 2 is 2.16 bits per heavy atom. The van der Waals surface area contributed by atoms with Crippen LogP contribution in [-0.2, 0) is 6.54 Å². The first-order valence-electron chi connectivity index (χ1n) is 7.15. The predicted octanol–water partition coefficient (Wildman–Crippen LogP) is 3.41. The molecule has 0 saturated heterocycles. The maximum absolute atomic E-state index is 5.85. The highest BCUT2D eigenvalue weighted by atomic mass is 32.2. The van der Waals surface area contributed by atoms with Crippen LogP contribution in [0.5, 0.6) is 5.75 Å². The molecule has 1 aromatic heterocycles. The van der Waals surface area contributed by atoms with Gasteiger partial charge in [0.2, 0.25) is 0 Å². The van der Waals surface area contributed by atoms with E-state index in [1.165, 1.54) is 11.5 Å². The van der Waals surface area contributed by atoms with Gasteiger partial charge in [-0.3, -0.25) is 4.98 Å². The van der Waals surface area contributed by atoms with E-state index in [1.54, 1.807) is 0 Å². The Hall–Kier alpha value is -0.740. The summed E-state index contributed by atoms with van der Waals surface area (Å²) in [5.41, 5.74) is 2.07. The van der Waals surface area contributed by atoms with Crippen molar-refractivity contribution in [1.82, 2.24) is 10.3 Å². The lowest BCUT2D eigenvalue weighted by molar-refractivity contribution is 0.312. The third-order valence-electron chi connectivity index (χ3n) is 2.69. The molecule has 0 bridgehead atoms. The Balaban J connectivity index is 2.45. The summed E-state index contributed by atoms with van der Waals surface area (Å²) < 4.78 is 5.85. The van der Waals surface area contributed by atoms with Crippen molar-refractivity contribution >= 4 is 11.8 Å². The summed E-state index contributed by atoms with van der Waals surface area (Å²) in [6.07, 6.45) is 2.23. The van der Waals surface area contributed by atoms with Gasteiger partial charge in [0.15, 0.2) is 0 Å². The van der Waals surface area contributed by atoms with Crippen molar-refractivity contribution in [2.45, 2.75) is 40.2 Å². The van der Waals surface area contributed by atoms with Gasteiger partial charge < -0.3 is 10.1 Å². The van der Waals surface area contributed by atoms with Gasteiger partial charge in [0, 0.05) is 12.2 Å². The summed E-state index contributed by atoms with van der Waals surface area (Å²) in [6.45, 7) is 8.95. The fourth-order valence-electron chi connectivity index (χ4n) is 1.73. The van der Waals surface area contributed by atoms with E-state index in [2.05, 4.69) is 24.1 Å². The monoisotopic (exact) mass is 282 g/mol. The maximum atomic E-state index is 5.85. The highest BCUT2D eigenvalue weighted by Gasteiger charge is 2.05. The predicted molar refractivity (Wildman–Crippen MR) is 84.1 cm³/mol. The average Bonchev–Trinajstić information content (AvgIpc) is 2.41. The summed E-state index contributed by atoms with van der Waals surface area (Å²) in [5.74, 6) is 3.27. The molecule has 4 heteroatoms. The normalized spacial score (nSPS) is 10.7. The molecule has 0 aliphatic heterocycles. The second-order valence-electron chi connectivity index (χ2n) is 4.47. The van der Waals surface area contributed by atoms with Crippen LogP contribution >= 0.6 is 11.8 Å². The molecule has 0 fully saturated rings. The molecular weight excluding hydrogens is 256 g/mol. The Morgan fingerprint density at radius 3 is 2.89 bits per heavy atom. The SMILES string of the molecule is CCCNCc1nc(C)ccc1OCCCSCC. The van der Waals surface area contributed by atoms with Crippen LogP contribution in [0.4, 0.5) is 0 Å². The van der Waals surface area contributed by atoms with E-state index in [4.69, 9.17) is 4.74 Å². The molecule has 0 aliphatic rings. The first-order valence-corrected chi connectivity index (χ1v) is 8.31. The van der Waals surface area contributed by atoms with Gasteiger partial charge in [-0.15, -0.1) is 0 Å². The molecule has 1 rings (SSSR count). The van der Waals surface area contributed by atoms with Crippen molar-refractivity contribution in [2.24, 2.45) is 0 Å². The minimum Gasteiger partial charge on any atom is -0.492 e. The quantitative estimate of drug-likeness (QED) is 0.667. The highest BCUT2D eigenvalue weighted by Crippen LogP contribution is 2.17. The number of aryl methyl sites for hydroxylation is 1. The Morgan fingerprint density at radius 1 is 1.32 bits per heavy atom. The number of hydrogen-bond donors (Lipinski definition) is 1. The zero-order valence-corrected chi connectivity index (χ0v) is 13.2. The summed E-state index contributed by atoms with van der Waals surface area (Å²) in [6, 6.07) is 4.05. The van der Waals surface area contributed by atoms with Crippen molar-refractivity contribution in [3.63, 3.8) is 0 Å². The first kappa shape index (κ1) is 16.3. The summed E-state index contributed by atoms with van der Waals surface area (Å²) in [7, 11) is 0. The van der Waals surface area contributed by atoms with Gasteiger partial charge in [-0.2, -0.15) is 11.8 Å². The number of rotatable bonds is 10. The number of ether oxygens (including phenoxy) is 1. The number of hydrogen-bond acceptors (Lipinski definition) is 4.